The number of aryl methyl sites for hydroxylation is 1. The SMILES string of the molecule is Cc1cc(/C=C2/SC(=S)N(CC(=O)O)C2=O)c(C)n1-c1cccc2ccccc12. The van der Waals surface area contributed by atoms with Gasteiger partial charge < -0.3 is 9.67 Å². The van der Waals surface area contributed by atoms with Crippen LogP contribution in [0, 0.1) is 13.8 Å². The molecule has 0 atom stereocenters. The molecule has 2 aromatic carbocycles. The van der Waals surface area contributed by atoms with Gasteiger partial charge in [-0.05, 0) is 43.0 Å². The number of aromatic nitrogens is 1. The monoisotopic (exact) mass is 422 g/mol. The van der Waals surface area contributed by atoms with E-state index >= 15 is 0 Å². The van der Waals surface area contributed by atoms with Crippen molar-refractivity contribution in [2.75, 3.05) is 6.54 Å². The number of carbonyl (C=O) groups is 2. The van der Waals surface area contributed by atoms with Gasteiger partial charge in [-0.25, -0.2) is 0 Å². The van der Waals surface area contributed by atoms with Gasteiger partial charge in [0.15, 0.2) is 0 Å². The van der Waals surface area contributed by atoms with E-state index in [9.17, 15) is 9.59 Å². The highest BCUT2D eigenvalue weighted by molar-refractivity contribution is 8.26. The summed E-state index contributed by atoms with van der Waals surface area (Å²) in [6.45, 7) is 3.62. The van der Waals surface area contributed by atoms with Crippen molar-refractivity contribution in [3.63, 3.8) is 0 Å². The Hall–Kier alpha value is -2.90. The Bertz CT molecular complexity index is 1200. The van der Waals surface area contributed by atoms with Crippen LogP contribution < -0.4 is 0 Å². The summed E-state index contributed by atoms with van der Waals surface area (Å²) in [6.07, 6.45) is 1.80. The van der Waals surface area contributed by atoms with Crippen molar-refractivity contribution in [2.45, 2.75) is 13.8 Å². The molecule has 146 valence electrons. The lowest BCUT2D eigenvalue weighted by Crippen LogP contribution is -2.33. The molecule has 1 aliphatic rings. The summed E-state index contributed by atoms with van der Waals surface area (Å²) in [7, 11) is 0. The summed E-state index contributed by atoms with van der Waals surface area (Å²) in [6, 6.07) is 16.5. The van der Waals surface area contributed by atoms with Crippen LogP contribution in [-0.4, -0.2) is 37.3 Å². The lowest BCUT2D eigenvalue weighted by Gasteiger charge is -2.13. The number of hydrogen-bond donors (Lipinski definition) is 1. The number of rotatable bonds is 4. The normalized spacial score (nSPS) is 15.7. The molecule has 0 unspecified atom stereocenters. The molecule has 5 nitrogen and oxygen atoms in total. The summed E-state index contributed by atoms with van der Waals surface area (Å²) >= 11 is 6.32. The van der Waals surface area contributed by atoms with E-state index in [1.165, 1.54) is 0 Å². The molecule has 0 saturated carbocycles. The summed E-state index contributed by atoms with van der Waals surface area (Å²) in [4.78, 5) is 25.1. The number of aliphatic carboxylic acids is 1. The Labute approximate surface area is 177 Å². The highest BCUT2D eigenvalue weighted by Gasteiger charge is 2.33. The number of fused-ring (bicyclic) bond motifs is 1. The molecule has 29 heavy (non-hydrogen) atoms. The summed E-state index contributed by atoms with van der Waals surface area (Å²) < 4.78 is 2.44. The van der Waals surface area contributed by atoms with Gasteiger partial charge in [0.1, 0.15) is 10.9 Å². The summed E-state index contributed by atoms with van der Waals surface area (Å²) in [5.41, 5.74) is 4.04. The van der Waals surface area contributed by atoms with Gasteiger partial charge in [0, 0.05) is 16.8 Å². The van der Waals surface area contributed by atoms with Crippen LogP contribution >= 0.6 is 24.0 Å². The van der Waals surface area contributed by atoms with Gasteiger partial charge >= 0.3 is 5.97 Å². The fourth-order valence-corrected chi connectivity index (χ4v) is 4.87. The first-order valence-corrected chi connectivity index (χ1v) is 10.2. The minimum atomic E-state index is -1.09. The largest absolute Gasteiger partial charge is 0.480 e. The number of hydrogen-bond acceptors (Lipinski definition) is 4. The molecular formula is C22H18N2O3S2. The predicted octanol–water partition coefficient (Wildman–Crippen LogP) is 4.53. The van der Waals surface area contributed by atoms with Gasteiger partial charge in [0.05, 0.1) is 10.6 Å². The number of amides is 1. The zero-order valence-electron chi connectivity index (χ0n) is 15.9. The van der Waals surface area contributed by atoms with Crippen LogP contribution in [0.2, 0.25) is 0 Å². The molecule has 1 aliphatic heterocycles. The van der Waals surface area contributed by atoms with Gasteiger partial charge in [0.2, 0.25) is 0 Å². The third-order valence-electron chi connectivity index (χ3n) is 4.93. The molecule has 1 fully saturated rings. The van der Waals surface area contributed by atoms with E-state index < -0.39 is 12.5 Å². The van der Waals surface area contributed by atoms with E-state index in [2.05, 4.69) is 28.8 Å². The van der Waals surface area contributed by atoms with E-state index in [0.717, 1.165) is 50.1 Å². The molecule has 3 aromatic rings. The van der Waals surface area contributed by atoms with Crippen molar-refractivity contribution in [1.29, 1.82) is 0 Å². The third kappa shape index (κ3) is 3.47. The molecule has 1 aromatic heterocycles. The van der Waals surface area contributed by atoms with Crippen LogP contribution in [0.3, 0.4) is 0 Å². The van der Waals surface area contributed by atoms with Gasteiger partial charge in [-0.1, -0.05) is 60.4 Å². The Morgan fingerprint density at radius 1 is 1.17 bits per heavy atom. The van der Waals surface area contributed by atoms with Crippen molar-refractivity contribution in [3.05, 3.63) is 70.4 Å². The average molecular weight is 423 g/mol. The Kier molecular flexibility index (Phi) is 5.02. The van der Waals surface area contributed by atoms with Crippen molar-refractivity contribution in [2.24, 2.45) is 0 Å². The lowest BCUT2D eigenvalue weighted by atomic mass is 10.1. The molecule has 0 aliphatic carbocycles. The second kappa shape index (κ2) is 7.50. The van der Waals surface area contributed by atoms with Crippen LogP contribution in [0.25, 0.3) is 22.5 Å². The molecule has 1 N–H and O–H groups in total. The van der Waals surface area contributed by atoms with Crippen molar-refractivity contribution in [3.8, 4) is 5.69 Å². The molecular weight excluding hydrogens is 404 g/mol. The molecule has 0 spiro atoms. The first-order valence-electron chi connectivity index (χ1n) is 9.01. The molecule has 0 radical (unpaired) electrons. The van der Waals surface area contributed by atoms with Gasteiger partial charge in [-0.3, -0.25) is 14.5 Å². The van der Waals surface area contributed by atoms with Gasteiger partial charge in [-0.15, -0.1) is 0 Å². The predicted molar refractivity (Wildman–Crippen MR) is 120 cm³/mol. The van der Waals surface area contributed by atoms with E-state index in [1.807, 2.05) is 38.1 Å². The fourth-order valence-electron chi connectivity index (χ4n) is 3.62. The first-order chi connectivity index (χ1) is 13.9. The summed E-state index contributed by atoms with van der Waals surface area (Å²) in [5, 5.41) is 11.3. The number of thiocarbonyl (C=S) groups is 1. The topological polar surface area (TPSA) is 62.5 Å². The molecule has 1 amide bonds. The number of nitrogens with zero attached hydrogens (tertiary/aromatic N) is 2. The number of carboxylic acids is 1. The number of carboxylic acid groups (broad SMARTS) is 1. The van der Waals surface area contributed by atoms with E-state index in [0.29, 0.717) is 4.91 Å². The van der Waals surface area contributed by atoms with Crippen LogP contribution in [0.5, 0.6) is 0 Å². The molecule has 7 heteroatoms. The smallest absolute Gasteiger partial charge is 0.323 e. The van der Waals surface area contributed by atoms with Gasteiger partial charge in [-0.2, -0.15) is 0 Å². The minimum absolute atomic E-state index is 0.270. The van der Waals surface area contributed by atoms with Crippen LogP contribution in [-0.2, 0) is 9.59 Å². The van der Waals surface area contributed by atoms with E-state index in [4.69, 9.17) is 17.3 Å². The zero-order valence-corrected chi connectivity index (χ0v) is 17.5. The maximum Gasteiger partial charge on any atom is 0.323 e. The lowest BCUT2D eigenvalue weighted by molar-refractivity contribution is -0.140. The second-order valence-electron chi connectivity index (χ2n) is 6.82. The Morgan fingerprint density at radius 3 is 2.66 bits per heavy atom. The first kappa shape index (κ1) is 19.4. The Balaban J connectivity index is 1.77. The average Bonchev–Trinajstić information content (AvgIpc) is 3.11. The highest BCUT2D eigenvalue weighted by atomic mass is 32.2. The van der Waals surface area contributed by atoms with Crippen LogP contribution in [0.1, 0.15) is 17.0 Å². The third-order valence-corrected chi connectivity index (χ3v) is 6.31. The maximum absolute atomic E-state index is 12.6. The number of thioether (sulfide) groups is 1. The minimum Gasteiger partial charge on any atom is -0.480 e. The molecule has 0 bridgehead atoms. The second-order valence-corrected chi connectivity index (χ2v) is 8.50. The molecule has 2 heterocycles. The van der Waals surface area contributed by atoms with E-state index in [1.54, 1.807) is 6.08 Å². The number of benzene rings is 2. The number of carbonyl (C=O) groups excluding carboxylic acids is 1. The van der Waals surface area contributed by atoms with Crippen LogP contribution in [0.15, 0.2) is 53.4 Å². The zero-order chi connectivity index (χ0) is 20.7. The summed E-state index contributed by atoms with van der Waals surface area (Å²) in [5.74, 6) is -1.45. The van der Waals surface area contributed by atoms with E-state index in [-0.39, 0.29) is 10.2 Å². The van der Waals surface area contributed by atoms with Crippen LogP contribution in [0.4, 0.5) is 0 Å². The Morgan fingerprint density at radius 2 is 1.90 bits per heavy atom. The highest BCUT2D eigenvalue weighted by Crippen LogP contribution is 2.34. The van der Waals surface area contributed by atoms with Crippen molar-refractivity contribution >= 4 is 57.0 Å². The standard InChI is InChI=1S/C22H18N2O3S2/c1-13-10-16(11-19-21(27)23(12-20(25)26)22(28)29-19)14(2)24(13)18-9-5-7-15-6-3-4-8-17(15)18/h3-11H,12H2,1-2H3,(H,25,26)/b19-11+. The van der Waals surface area contributed by atoms with Crippen molar-refractivity contribution in [1.82, 2.24) is 9.47 Å². The van der Waals surface area contributed by atoms with Gasteiger partial charge in [0.25, 0.3) is 5.91 Å². The molecule has 4 rings (SSSR count). The fraction of sp³-hybridized carbons (Fsp3) is 0.136. The maximum atomic E-state index is 12.6. The van der Waals surface area contributed by atoms with Crippen molar-refractivity contribution < 1.29 is 14.7 Å². The molecule has 1 saturated heterocycles. The quantitative estimate of drug-likeness (QED) is 0.494.